The van der Waals surface area contributed by atoms with Gasteiger partial charge < -0.3 is 25.2 Å². The molecule has 3 atom stereocenters. The number of ether oxygens (including phenoxy) is 2. The van der Waals surface area contributed by atoms with Crippen molar-refractivity contribution in [2.45, 2.75) is 31.0 Å². The maximum absolute atomic E-state index is 11.4. The predicted molar refractivity (Wildman–Crippen MR) is 87.2 cm³/mol. The van der Waals surface area contributed by atoms with Crippen LogP contribution in [0, 0.1) is 5.92 Å². The summed E-state index contributed by atoms with van der Waals surface area (Å²) >= 11 is 0. The van der Waals surface area contributed by atoms with Crippen molar-refractivity contribution in [3.05, 3.63) is 29.8 Å². The molecule has 1 fully saturated rings. The standard InChI is InChI=1S/C17H26N2O4/c1-19(2)11-13-10-15(23-16(18)20)7-8-17(13,21)12-5-4-6-14(9-12)22-3/h4-6,9,13,15,21H,7-8,10-11H2,1-3H3,(H2,18,20). The molecule has 1 aliphatic rings. The molecule has 0 aliphatic heterocycles. The van der Waals surface area contributed by atoms with E-state index in [4.69, 9.17) is 15.2 Å². The summed E-state index contributed by atoms with van der Waals surface area (Å²) in [5.41, 5.74) is 4.99. The van der Waals surface area contributed by atoms with Gasteiger partial charge in [0.15, 0.2) is 0 Å². The molecule has 0 bridgehead atoms. The van der Waals surface area contributed by atoms with Crippen molar-refractivity contribution in [3.8, 4) is 5.75 Å². The Morgan fingerprint density at radius 2 is 2.22 bits per heavy atom. The lowest BCUT2D eigenvalue weighted by Crippen LogP contribution is -2.47. The highest BCUT2D eigenvalue weighted by molar-refractivity contribution is 5.64. The Morgan fingerprint density at radius 3 is 2.83 bits per heavy atom. The van der Waals surface area contributed by atoms with Gasteiger partial charge in [0.25, 0.3) is 0 Å². The molecule has 0 radical (unpaired) electrons. The molecule has 23 heavy (non-hydrogen) atoms. The summed E-state index contributed by atoms with van der Waals surface area (Å²) in [6.45, 7) is 0.687. The van der Waals surface area contributed by atoms with Gasteiger partial charge in [-0.25, -0.2) is 4.79 Å². The number of rotatable bonds is 5. The number of amides is 1. The topological polar surface area (TPSA) is 85.0 Å². The van der Waals surface area contributed by atoms with Crippen LogP contribution in [0.15, 0.2) is 24.3 Å². The van der Waals surface area contributed by atoms with Crippen LogP contribution in [-0.4, -0.2) is 50.0 Å². The average molecular weight is 322 g/mol. The first-order valence-electron chi connectivity index (χ1n) is 7.83. The molecule has 0 heterocycles. The van der Waals surface area contributed by atoms with Gasteiger partial charge in [-0.05, 0) is 51.1 Å². The zero-order valence-corrected chi connectivity index (χ0v) is 14.0. The lowest BCUT2D eigenvalue weighted by atomic mass is 9.70. The molecule has 128 valence electrons. The smallest absolute Gasteiger partial charge is 0.404 e. The van der Waals surface area contributed by atoms with Gasteiger partial charge in [0.1, 0.15) is 11.9 Å². The number of aliphatic hydroxyl groups is 1. The number of nitrogens with two attached hydrogens (primary N) is 1. The first kappa shape index (κ1) is 17.6. The number of benzene rings is 1. The minimum atomic E-state index is -0.976. The van der Waals surface area contributed by atoms with Gasteiger partial charge in [0.05, 0.1) is 12.7 Å². The molecule has 1 amide bonds. The Kier molecular flexibility index (Phi) is 5.49. The van der Waals surface area contributed by atoms with E-state index in [2.05, 4.69) is 0 Å². The minimum absolute atomic E-state index is 0.0669. The lowest BCUT2D eigenvalue weighted by molar-refractivity contribution is -0.0931. The highest BCUT2D eigenvalue weighted by atomic mass is 16.6. The molecule has 6 nitrogen and oxygen atoms in total. The van der Waals surface area contributed by atoms with E-state index in [0.29, 0.717) is 25.8 Å². The Hall–Kier alpha value is -1.79. The summed E-state index contributed by atoms with van der Waals surface area (Å²) in [7, 11) is 5.53. The molecule has 1 aliphatic carbocycles. The van der Waals surface area contributed by atoms with E-state index in [1.54, 1.807) is 7.11 Å². The van der Waals surface area contributed by atoms with Crippen LogP contribution in [0.2, 0.25) is 0 Å². The zero-order valence-electron chi connectivity index (χ0n) is 14.0. The highest BCUT2D eigenvalue weighted by Crippen LogP contribution is 2.43. The minimum Gasteiger partial charge on any atom is -0.497 e. The normalized spacial score (nSPS) is 27.7. The third kappa shape index (κ3) is 4.14. The molecule has 1 saturated carbocycles. The number of hydrogen-bond acceptors (Lipinski definition) is 5. The number of nitrogens with zero attached hydrogens (tertiary/aromatic N) is 1. The van der Waals surface area contributed by atoms with E-state index in [1.165, 1.54) is 0 Å². The van der Waals surface area contributed by atoms with Crippen molar-refractivity contribution < 1.29 is 19.4 Å². The second-order valence-electron chi connectivity index (χ2n) is 6.45. The third-order valence-electron chi connectivity index (χ3n) is 4.51. The molecular formula is C17H26N2O4. The monoisotopic (exact) mass is 322 g/mol. The van der Waals surface area contributed by atoms with Gasteiger partial charge in [0.2, 0.25) is 0 Å². The number of carbonyl (C=O) groups is 1. The van der Waals surface area contributed by atoms with Gasteiger partial charge in [-0.3, -0.25) is 0 Å². The predicted octanol–water partition coefficient (Wildman–Crippen LogP) is 1.71. The second kappa shape index (κ2) is 7.19. The van der Waals surface area contributed by atoms with Gasteiger partial charge in [0, 0.05) is 12.5 Å². The van der Waals surface area contributed by atoms with Crippen LogP contribution in [0.4, 0.5) is 4.79 Å². The summed E-state index contributed by atoms with van der Waals surface area (Å²) in [4.78, 5) is 13.1. The van der Waals surface area contributed by atoms with Crippen molar-refractivity contribution in [3.63, 3.8) is 0 Å². The summed E-state index contributed by atoms with van der Waals surface area (Å²) < 4.78 is 10.4. The third-order valence-corrected chi connectivity index (χ3v) is 4.51. The van der Waals surface area contributed by atoms with Crippen LogP contribution >= 0.6 is 0 Å². The van der Waals surface area contributed by atoms with Crippen molar-refractivity contribution >= 4 is 6.09 Å². The maximum atomic E-state index is 11.4. The SMILES string of the molecule is COc1cccc(C2(O)CCC(OC(N)=O)CC2CN(C)C)c1. The van der Waals surface area contributed by atoms with Crippen LogP contribution in [-0.2, 0) is 10.3 Å². The summed E-state index contributed by atoms with van der Waals surface area (Å²) in [5, 5.41) is 11.4. The first-order chi connectivity index (χ1) is 10.8. The van der Waals surface area contributed by atoms with Crippen LogP contribution in [0.25, 0.3) is 0 Å². The Morgan fingerprint density at radius 1 is 1.48 bits per heavy atom. The summed E-state index contributed by atoms with van der Waals surface area (Å²) in [5.74, 6) is 0.651. The molecule has 3 N–H and O–H groups in total. The van der Waals surface area contributed by atoms with E-state index in [-0.39, 0.29) is 12.0 Å². The summed E-state index contributed by atoms with van der Waals surface area (Å²) in [6, 6.07) is 7.53. The molecule has 2 rings (SSSR count). The number of methoxy groups -OCH3 is 1. The molecule has 0 aromatic heterocycles. The molecular weight excluding hydrogens is 296 g/mol. The maximum Gasteiger partial charge on any atom is 0.404 e. The van der Waals surface area contributed by atoms with E-state index in [1.807, 2.05) is 43.3 Å². The van der Waals surface area contributed by atoms with Crippen molar-refractivity contribution in [1.29, 1.82) is 0 Å². The Labute approximate surface area is 137 Å². The highest BCUT2D eigenvalue weighted by Gasteiger charge is 2.44. The van der Waals surface area contributed by atoms with Crippen LogP contribution in [0.3, 0.4) is 0 Å². The molecule has 3 unspecified atom stereocenters. The van der Waals surface area contributed by atoms with Crippen molar-refractivity contribution in [2.24, 2.45) is 11.7 Å². The number of hydrogen-bond donors (Lipinski definition) is 2. The van der Waals surface area contributed by atoms with Crippen LogP contribution < -0.4 is 10.5 Å². The molecule has 1 aromatic rings. The van der Waals surface area contributed by atoms with Gasteiger partial charge >= 0.3 is 6.09 Å². The molecule has 1 aromatic carbocycles. The molecule has 0 spiro atoms. The number of primary amides is 1. The van der Waals surface area contributed by atoms with E-state index >= 15 is 0 Å². The quantitative estimate of drug-likeness (QED) is 0.862. The summed E-state index contributed by atoms with van der Waals surface area (Å²) in [6.07, 6.45) is 0.667. The molecule has 0 saturated heterocycles. The van der Waals surface area contributed by atoms with Gasteiger partial charge in [-0.15, -0.1) is 0 Å². The fourth-order valence-electron chi connectivity index (χ4n) is 3.43. The Balaban J connectivity index is 2.27. The second-order valence-corrected chi connectivity index (χ2v) is 6.45. The zero-order chi connectivity index (χ0) is 17.0. The fourth-order valence-corrected chi connectivity index (χ4v) is 3.43. The van der Waals surface area contributed by atoms with Crippen LogP contribution in [0.5, 0.6) is 5.75 Å². The number of carbonyl (C=O) groups excluding carboxylic acids is 1. The van der Waals surface area contributed by atoms with E-state index in [0.717, 1.165) is 11.3 Å². The van der Waals surface area contributed by atoms with Crippen molar-refractivity contribution in [2.75, 3.05) is 27.7 Å². The van der Waals surface area contributed by atoms with Gasteiger partial charge in [-0.2, -0.15) is 0 Å². The van der Waals surface area contributed by atoms with Crippen LogP contribution in [0.1, 0.15) is 24.8 Å². The first-order valence-corrected chi connectivity index (χ1v) is 7.83. The Bertz CT molecular complexity index is 549. The lowest BCUT2D eigenvalue weighted by Gasteiger charge is -2.44. The van der Waals surface area contributed by atoms with E-state index in [9.17, 15) is 9.90 Å². The largest absolute Gasteiger partial charge is 0.497 e. The van der Waals surface area contributed by atoms with E-state index < -0.39 is 11.7 Å². The van der Waals surface area contributed by atoms with Gasteiger partial charge in [-0.1, -0.05) is 12.1 Å². The fraction of sp³-hybridized carbons (Fsp3) is 0.588. The van der Waals surface area contributed by atoms with Crippen molar-refractivity contribution in [1.82, 2.24) is 4.90 Å². The average Bonchev–Trinajstić information content (AvgIpc) is 2.50. The molecule has 6 heteroatoms.